The number of rotatable bonds is 3. The quantitative estimate of drug-likeness (QED) is 0.393. The van der Waals surface area contributed by atoms with Gasteiger partial charge in [-0.25, -0.2) is 4.79 Å². The molecule has 1 aliphatic carbocycles. The third-order valence-electron chi connectivity index (χ3n) is 6.11. The number of benzene rings is 3. The van der Waals surface area contributed by atoms with E-state index in [9.17, 15) is 4.79 Å². The van der Waals surface area contributed by atoms with E-state index in [1.807, 2.05) is 42.5 Å². The molecule has 1 fully saturated rings. The van der Waals surface area contributed by atoms with Gasteiger partial charge in [0.05, 0.1) is 5.56 Å². The van der Waals surface area contributed by atoms with Gasteiger partial charge >= 0.3 is 5.97 Å². The maximum Gasteiger partial charge on any atom is 0.339 e. The Kier molecular flexibility index (Phi) is 4.71. The fourth-order valence-corrected chi connectivity index (χ4v) is 7.13. The predicted octanol–water partition coefficient (Wildman–Crippen LogP) is 6.07. The minimum Gasteiger partial charge on any atom is -0.451 e. The first-order valence-electron chi connectivity index (χ1n) is 10.3. The van der Waals surface area contributed by atoms with Crippen LogP contribution in [0, 0.1) is 0 Å². The summed E-state index contributed by atoms with van der Waals surface area (Å²) in [7, 11) is 0.345. The molecule has 1 heterocycles. The van der Waals surface area contributed by atoms with E-state index >= 15 is 0 Å². The van der Waals surface area contributed by atoms with Gasteiger partial charge in [-0.3, -0.25) is 0 Å². The fourth-order valence-electron chi connectivity index (χ4n) is 4.57. The second-order valence-electron chi connectivity index (χ2n) is 8.07. The number of esters is 1. The Morgan fingerprint density at radius 3 is 2.52 bits per heavy atom. The average molecular weight is 402 g/mol. The Labute approximate surface area is 174 Å². The molecule has 3 aromatic carbocycles. The third kappa shape index (κ3) is 3.28. The lowest BCUT2D eigenvalue weighted by atomic mass is 9.84. The highest BCUT2D eigenvalue weighted by molar-refractivity contribution is 8.05. The van der Waals surface area contributed by atoms with Crippen LogP contribution in [0.2, 0.25) is 0 Å². The summed E-state index contributed by atoms with van der Waals surface area (Å²) in [5, 5.41) is 2.00. The van der Waals surface area contributed by atoms with Gasteiger partial charge in [0.15, 0.2) is 4.91 Å². The van der Waals surface area contributed by atoms with Crippen LogP contribution in [-0.4, -0.2) is 17.5 Å². The van der Waals surface area contributed by atoms with Crippen molar-refractivity contribution in [2.24, 2.45) is 0 Å². The SMILES string of the molecule is CC1(OC(=O)c2cccc3ccccc23)CC=C([S+]2CCCC2)c2ccccc21. The molecular weight excluding hydrogens is 376 g/mol. The van der Waals surface area contributed by atoms with E-state index < -0.39 is 5.60 Å². The van der Waals surface area contributed by atoms with Gasteiger partial charge in [-0.15, -0.1) is 0 Å². The molecule has 1 aliphatic heterocycles. The van der Waals surface area contributed by atoms with Gasteiger partial charge in [0.25, 0.3) is 0 Å². The van der Waals surface area contributed by atoms with Gasteiger partial charge in [0.1, 0.15) is 17.1 Å². The molecule has 0 amide bonds. The van der Waals surface area contributed by atoms with Crippen LogP contribution in [0.5, 0.6) is 0 Å². The van der Waals surface area contributed by atoms with Crippen LogP contribution in [0.1, 0.15) is 47.7 Å². The minimum absolute atomic E-state index is 0.251. The van der Waals surface area contributed by atoms with Gasteiger partial charge in [0.2, 0.25) is 0 Å². The molecular formula is C26H25O2S+. The maximum atomic E-state index is 13.2. The van der Waals surface area contributed by atoms with Crippen molar-refractivity contribution in [2.45, 2.75) is 31.8 Å². The molecule has 0 aromatic heterocycles. The van der Waals surface area contributed by atoms with Crippen LogP contribution in [0.4, 0.5) is 0 Å². The summed E-state index contributed by atoms with van der Waals surface area (Å²) in [6.45, 7) is 2.06. The van der Waals surface area contributed by atoms with Crippen LogP contribution in [-0.2, 0) is 21.2 Å². The summed E-state index contributed by atoms with van der Waals surface area (Å²) in [5.41, 5.74) is 2.41. The van der Waals surface area contributed by atoms with E-state index in [-0.39, 0.29) is 5.97 Å². The van der Waals surface area contributed by atoms with Crippen molar-refractivity contribution in [3.63, 3.8) is 0 Å². The number of carbonyl (C=O) groups excluding carboxylic acids is 1. The monoisotopic (exact) mass is 401 g/mol. The van der Waals surface area contributed by atoms with E-state index in [1.54, 1.807) is 0 Å². The largest absolute Gasteiger partial charge is 0.451 e. The highest BCUT2D eigenvalue weighted by atomic mass is 32.2. The Morgan fingerprint density at radius 2 is 1.66 bits per heavy atom. The van der Waals surface area contributed by atoms with Crippen LogP contribution < -0.4 is 0 Å². The van der Waals surface area contributed by atoms with Gasteiger partial charge < -0.3 is 4.74 Å². The van der Waals surface area contributed by atoms with Crippen molar-refractivity contribution in [3.8, 4) is 0 Å². The van der Waals surface area contributed by atoms with Gasteiger partial charge in [-0.1, -0.05) is 54.6 Å². The first-order valence-corrected chi connectivity index (χ1v) is 11.9. The normalized spacial score (nSPS) is 21.6. The molecule has 146 valence electrons. The zero-order chi connectivity index (χ0) is 19.8. The summed E-state index contributed by atoms with van der Waals surface area (Å²) in [6.07, 6.45) is 5.73. The molecule has 3 heteroatoms. The second kappa shape index (κ2) is 7.38. The molecule has 29 heavy (non-hydrogen) atoms. The molecule has 0 N–H and O–H groups in total. The summed E-state index contributed by atoms with van der Waals surface area (Å²) in [6, 6.07) is 22.3. The van der Waals surface area contributed by atoms with Crippen molar-refractivity contribution >= 4 is 32.5 Å². The molecule has 2 aliphatic rings. The van der Waals surface area contributed by atoms with Crippen LogP contribution in [0.3, 0.4) is 0 Å². The van der Waals surface area contributed by atoms with Crippen LogP contribution in [0.25, 0.3) is 15.7 Å². The van der Waals surface area contributed by atoms with E-state index in [0.717, 1.165) is 22.8 Å². The molecule has 0 spiro atoms. The van der Waals surface area contributed by atoms with Gasteiger partial charge in [-0.2, -0.15) is 0 Å². The Morgan fingerprint density at radius 1 is 0.931 bits per heavy atom. The summed E-state index contributed by atoms with van der Waals surface area (Å²) >= 11 is 0. The maximum absolute atomic E-state index is 13.2. The zero-order valence-corrected chi connectivity index (χ0v) is 17.5. The molecule has 1 saturated heterocycles. The van der Waals surface area contributed by atoms with Crippen molar-refractivity contribution in [3.05, 3.63) is 89.5 Å². The molecule has 1 atom stereocenters. The lowest BCUT2D eigenvalue weighted by Gasteiger charge is -2.34. The van der Waals surface area contributed by atoms with E-state index in [2.05, 4.69) is 37.3 Å². The Hall–Kier alpha value is -2.52. The summed E-state index contributed by atoms with van der Waals surface area (Å²) in [5.74, 6) is 2.35. The Bertz CT molecular complexity index is 1110. The number of hydrogen-bond donors (Lipinski definition) is 0. The number of ether oxygens (including phenoxy) is 1. The molecule has 0 saturated carbocycles. The summed E-state index contributed by atoms with van der Waals surface area (Å²) < 4.78 is 6.23. The van der Waals surface area contributed by atoms with E-state index in [1.165, 1.54) is 34.8 Å². The minimum atomic E-state index is -0.642. The highest BCUT2D eigenvalue weighted by Crippen LogP contribution is 2.44. The lowest BCUT2D eigenvalue weighted by Crippen LogP contribution is -2.32. The third-order valence-corrected chi connectivity index (χ3v) is 8.68. The van der Waals surface area contributed by atoms with Crippen molar-refractivity contribution in [1.82, 2.24) is 0 Å². The molecule has 2 nitrogen and oxygen atoms in total. The first-order chi connectivity index (χ1) is 14.2. The standard InChI is InChI=1S/C26H25O2S/c1-26(28-25(27)21-13-8-10-19-9-2-3-11-20(19)21)16-15-24(29-17-6-7-18-29)22-12-4-5-14-23(22)26/h2-5,8-15H,6-7,16-18H2,1H3/q+1. The van der Waals surface area contributed by atoms with Crippen molar-refractivity contribution in [1.29, 1.82) is 0 Å². The van der Waals surface area contributed by atoms with E-state index in [0.29, 0.717) is 16.5 Å². The first kappa shape index (κ1) is 18.5. The molecule has 0 radical (unpaired) electrons. The summed E-state index contributed by atoms with van der Waals surface area (Å²) in [4.78, 5) is 14.7. The smallest absolute Gasteiger partial charge is 0.339 e. The second-order valence-corrected chi connectivity index (χ2v) is 10.3. The predicted molar refractivity (Wildman–Crippen MR) is 122 cm³/mol. The van der Waals surface area contributed by atoms with Crippen LogP contribution >= 0.6 is 0 Å². The lowest BCUT2D eigenvalue weighted by molar-refractivity contribution is -0.0111. The average Bonchev–Trinajstić information content (AvgIpc) is 3.28. The van der Waals surface area contributed by atoms with Gasteiger partial charge in [-0.05, 0) is 48.7 Å². The van der Waals surface area contributed by atoms with Gasteiger partial charge in [0, 0.05) is 28.4 Å². The zero-order valence-electron chi connectivity index (χ0n) is 16.7. The van der Waals surface area contributed by atoms with Crippen LogP contribution in [0.15, 0.2) is 72.8 Å². The molecule has 3 aromatic rings. The molecule has 1 unspecified atom stereocenters. The molecule has 0 bridgehead atoms. The number of hydrogen-bond acceptors (Lipinski definition) is 2. The highest BCUT2D eigenvalue weighted by Gasteiger charge is 2.42. The van der Waals surface area contributed by atoms with Crippen molar-refractivity contribution in [2.75, 3.05) is 11.5 Å². The molecule has 5 rings (SSSR count). The topological polar surface area (TPSA) is 26.3 Å². The fraction of sp³-hybridized carbons (Fsp3) is 0.269. The number of carbonyl (C=O) groups is 1. The van der Waals surface area contributed by atoms with E-state index in [4.69, 9.17) is 4.74 Å². The number of fused-ring (bicyclic) bond motifs is 2. The van der Waals surface area contributed by atoms with Crippen molar-refractivity contribution < 1.29 is 9.53 Å². The Balaban J connectivity index is 1.50.